The molecule has 3 aliphatic carbocycles. The van der Waals surface area contributed by atoms with E-state index in [9.17, 15) is 0 Å². The molecule has 3 fully saturated rings. The molecule has 3 saturated carbocycles. The highest BCUT2D eigenvalue weighted by Crippen LogP contribution is 2.53. The van der Waals surface area contributed by atoms with E-state index in [1.807, 2.05) is 6.26 Å². The molecule has 2 nitrogen and oxygen atoms in total. The van der Waals surface area contributed by atoms with E-state index in [0.29, 0.717) is 0 Å². The van der Waals surface area contributed by atoms with Crippen LogP contribution in [-0.2, 0) is 12.0 Å². The Hall–Kier alpha value is -0.760. The molecule has 86 valence electrons. The molecule has 0 saturated heterocycles. The van der Waals surface area contributed by atoms with Crippen LogP contribution in [0.3, 0.4) is 0 Å². The van der Waals surface area contributed by atoms with Crippen LogP contribution < -0.4 is 5.32 Å². The van der Waals surface area contributed by atoms with E-state index in [2.05, 4.69) is 11.4 Å². The Labute approximate surface area is 96.4 Å². The predicted molar refractivity (Wildman–Crippen MR) is 62.2 cm³/mol. The monoisotopic (exact) mass is 217 g/mol. The van der Waals surface area contributed by atoms with Crippen molar-refractivity contribution in [3.05, 3.63) is 23.7 Å². The van der Waals surface area contributed by atoms with Crippen molar-refractivity contribution in [2.75, 3.05) is 6.54 Å². The van der Waals surface area contributed by atoms with Gasteiger partial charge in [-0.25, -0.2) is 0 Å². The number of rotatable bonds is 0. The van der Waals surface area contributed by atoms with Gasteiger partial charge < -0.3 is 9.73 Å². The predicted octanol–water partition coefficient (Wildman–Crippen LogP) is 2.83. The van der Waals surface area contributed by atoms with Crippen LogP contribution in [0.5, 0.6) is 0 Å². The average Bonchev–Trinajstić information content (AvgIpc) is 2.80. The van der Waals surface area contributed by atoms with Crippen molar-refractivity contribution in [3.8, 4) is 0 Å². The Morgan fingerprint density at radius 3 is 2.88 bits per heavy atom. The second-order valence-corrected chi connectivity index (χ2v) is 5.84. The second kappa shape index (κ2) is 3.13. The van der Waals surface area contributed by atoms with Gasteiger partial charge >= 0.3 is 0 Å². The Bertz CT molecular complexity index is 403. The van der Waals surface area contributed by atoms with Crippen LogP contribution in [0.4, 0.5) is 0 Å². The molecule has 2 heterocycles. The van der Waals surface area contributed by atoms with Gasteiger partial charge in [-0.2, -0.15) is 0 Å². The molecule has 4 aliphatic rings. The molecule has 0 radical (unpaired) electrons. The first-order chi connectivity index (χ1) is 7.88. The van der Waals surface area contributed by atoms with Crippen LogP contribution in [0.2, 0.25) is 0 Å². The Morgan fingerprint density at radius 2 is 2.12 bits per heavy atom. The van der Waals surface area contributed by atoms with E-state index in [1.165, 1.54) is 43.4 Å². The Balaban J connectivity index is 1.83. The number of hydrogen-bond acceptors (Lipinski definition) is 2. The summed E-state index contributed by atoms with van der Waals surface area (Å²) in [6.07, 6.45) is 10.1. The summed E-state index contributed by atoms with van der Waals surface area (Å²) < 4.78 is 5.84. The van der Waals surface area contributed by atoms with Gasteiger partial charge in [0, 0.05) is 6.54 Å². The summed E-state index contributed by atoms with van der Waals surface area (Å²) in [7, 11) is 0. The van der Waals surface area contributed by atoms with Crippen LogP contribution in [0.25, 0.3) is 0 Å². The summed E-state index contributed by atoms with van der Waals surface area (Å²) in [5, 5.41) is 3.81. The molecule has 1 atom stereocenters. The van der Waals surface area contributed by atoms with Crippen molar-refractivity contribution in [1.82, 2.24) is 5.32 Å². The molecule has 2 bridgehead atoms. The molecular weight excluding hydrogens is 198 g/mol. The molecule has 1 aromatic rings. The molecule has 0 aromatic carbocycles. The largest absolute Gasteiger partial charge is 0.467 e. The summed E-state index contributed by atoms with van der Waals surface area (Å²) in [5.74, 6) is 3.05. The lowest BCUT2D eigenvalue weighted by Gasteiger charge is -2.52. The number of nitrogens with one attached hydrogen (secondary N) is 1. The summed E-state index contributed by atoms with van der Waals surface area (Å²) in [6.45, 7) is 1.13. The van der Waals surface area contributed by atoms with Crippen LogP contribution in [0.15, 0.2) is 16.7 Å². The second-order valence-electron chi connectivity index (χ2n) is 5.84. The van der Waals surface area contributed by atoms with Gasteiger partial charge in [-0.05, 0) is 49.1 Å². The zero-order chi connectivity index (χ0) is 10.6. The molecule has 1 unspecified atom stereocenters. The zero-order valence-corrected chi connectivity index (χ0v) is 9.67. The smallest absolute Gasteiger partial charge is 0.127 e. The van der Waals surface area contributed by atoms with Crippen molar-refractivity contribution in [3.63, 3.8) is 0 Å². The van der Waals surface area contributed by atoms with E-state index < -0.39 is 0 Å². The minimum atomic E-state index is 0.220. The van der Waals surface area contributed by atoms with E-state index in [4.69, 9.17) is 4.42 Å². The number of hydrogen-bond donors (Lipinski definition) is 1. The Kier molecular flexibility index (Phi) is 1.82. The minimum Gasteiger partial charge on any atom is -0.467 e. The van der Waals surface area contributed by atoms with Crippen LogP contribution in [-0.4, -0.2) is 6.54 Å². The summed E-state index contributed by atoms with van der Waals surface area (Å²) in [6, 6.07) is 2.18. The van der Waals surface area contributed by atoms with Gasteiger partial charge in [-0.3, -0.25) is 0 Å². The van der Waals surface area contributed by atoms with Crippen molar-refractivity contribution in [2.45, 2.75) is 44.1 Å². The zero-order valence-electron chi connectivity index (χ0n) is 9.67. The van der Waals surface area contributed by atoms with Gasteiger partial charge in [0.05, 0.1) is 11.8 Å². The van der Waals surface area contributed by atoms with E-state index in [1.54, 1.807) is 0 Å². The molecular formula is C14H19NO. The quantitative estimate of drug-likeness (QED) is 0.723. The van der Waals surface area contributed by atoms with E-state index in [0.717, 1.165) is 24.8 Å². The molecule has 1 aromatic heterocycles. The Morgan fingerprint density at radius 1 is 1.25 bits per heavy atom. The molecule has 5 rings (SSSR count). The number of furan rings is 1. The summed E-state index contributed by atoms with van der Waals surface area (Å²) in [5.41, 5.74) is 1.68. The highest BCUT2D eigenvalue weighted by Gasteiger charge is 2.51. The third-order valence-electron chi connectivity index (χ3n) is 5.14. The third kappa shape index (κ3) is 1.06. The first kappa shape index (κ1) is 9.29. The van der Waals surface area contributed by atoms with Gasteiger partial charge in [-0.15, -0.1) is 0 Å². The van der Waals surface area contributed by atoms with E-state index in [-0.39, 0.29) is 5.54 Å². The fourth-order valence-corrected chi connectivity index (χ4v) is 4.40. The lowest BCUT2D eigenvalue weighted by Crippen LogP contribution is -2.57. The molecule has 1 aliphatic heterocycles. The molecule has 0 amide bonds. The van der Waals surface area contributed by atoms with Crippen molar-refractivity contribution >= 4 is 0 Å². The van der Waals surface area contributed by atoms with Gasteiger partial charge in [0.1, 0.15) is 5.76 Å². The maximum Gasteiger partial charge on any atom is 0.127 e. The maximum atomic E-state index is 5.84. The lowest BCUT2D eigenvalue weighted by atomic mass is 9.58. The normalized spacial score (nSPS) is 41.2. The fourth-order valence-electron chi connectivity index (χ4n) is 4.40. The first-order valence-electron chi connectivity index (χ1n) is 6.70. The first-order valence-corrected chi connectivity index (χ1v) is 6.70. The molecule has 2 heteroatoms. The molecule has 1 N–H and O–H groups in total. The number of fused-ring (bicyclic) bond motifs is 3. The standard InChI is InChI=1S/C14H19NO/c1-3-12-4-2-10(1)9-14(12)13-11(5-7-15-14)6-8-16-13/h6,8,10,12,15H,1-5,7,9H2. The van der Waals surface area contributed by atoms with Crippen LogP contribution in [0, 0.1) is 11.8 Å². The summed E-state index contributed by atoms with van der Waals surface area (Å²) in [4.78, 5) is 0. The van der Waals surface area contributed by atoms with Crippen molar-refractivity contribution < 1.29 is 4.42 Å². The van der Waals surface area contributed by atoms with Crippen molar-refractivity contribution in [2.24, 2.45) is 11.8 Å². The molecule has 16 heavy (non-hydrogen) atoms. The van der Waals surface area contributed by atoms with Crippen molar-refractivity contribution in [1.29, 1.82) is 0 Å². The van der Waals surface area contributed by atoms with Crippen LogP contribution >= 0.6 is 0 Å². The SMILES string of the molecule is c1cc2c(o1)C1(CC3CCC1CC3)NCC2. The summed E-state index contributed by atoms with van der Waals surface area (Å²) >= 11 is 0. The van der Waals surface area contributed by atoms with Gasteiger partial charge in [0.25, 0.3) is 0 Å². The highest BCUT2D eigenvalue weighted by atomic mass is 16.3. The van der Waals surface area contributed by atoms with Gasteiger partial charge in [0.15, 0.2) is 0 Å². The van der Waals surface area contributed by atoms with E-state index >= 15 is 0 Å². The topological polar surface area (TPSA) is 25.2 Å². The minimum absolute atomic E-state index is 0.220. The average molecular weight is 217 g/mol. The van der Waals surface area contributed by atoms with Crippen LogP contribution in [0.1, 0.15) is 43.4 Å². The highest BCUT2D eigenvalue weighted by molar-refractivity contribution is 5.30. The van der Waals surface area contributed by atoms with Gasteiger partial charge in [-0.1, -0.05) is 12.8 Å². The third-order valence-corrected chi connectivity index (χ3v) is 5.14. The van der Waals surface area contributed by atoms with Gasteiger partial charge in [0.2, 0.25) is 0 Å². The lowest BCUT2D eigenvalue weighted by molar-refractivity contribution is 0.0177. The molecule has 1 spiro atoms. The maximum absolute atomic E-state index is 5.84. The fraction of sp³-hybridized carbons (Fsp3) is 0.714.